The van der Waals surface area contributed by atoms with Gasteiger partial charge in [0.15, 0.2) is 0 Å². The van der Waals surface area contributed by atoms with E-state index in [2.05, 4.69) is 10.6 Å². The molecular formula is C21H25ClN4O3. The van der Waals surface area contributed by atoms with E-state index in [9.17, 15) is 14.4 Å². The van der Waals surface area contributed by atoms with Crippen molar-refractivity contribution in [3.05, 3.63) is 64.7 Å². The molecular weight excluding hydrogens is 392 g/mol. The van der Waals surface area contributed by atoms with Crippen molar-refractivity contribution in [1.82, 2.24) is 10.2 Å². The normalized spacial score (nSPS) is 10.6. The Bertz CT molecular complexity index is 855. The predicted octanol–water partition coefficient (Wildman–Crippen LogP) is 2.41. The molecule has 0 heterocycles. The molecule has 8 heteroatoms. The van der Waals surface area contributed by atoms with Gasteiger partial charge in [-0.05, 0) is 42.4 Å². The molecule has 2 rings (SSSR count). The van der Waals surface area contributed by atoms with Gasteiger partial charge < -0.3 is 16.4 Å². The summed E-state index contributed by atoms with van der Waals surface area (Å²) < 4.78 is 0. The highest BCUT2D eigenvalue weighted by atomic mass is 35.5. The molecule has 0 unspecified atom stereocenters. The van der Waals surface area contributed by atoms with E-state index in [0.29, 0.717) is 35.9 Å². The summed E-state index contributed by atoms with van der Waals surface area (Å²) in [5.74, 6) is -0.824. The summed E-state index contributed by atoms with van der Waals surface area (Å²) in [6.45, 7) is 3.57. The van der Waals surface area contributed by atoms with Crippen molar-refractivity contribution in [2.45, 2.75) is 19.9 Å². The first kappa shape index (κ1) is 22.4. The lowest BCUT2D eigenvalue weighted by Gasteiger charge is -2.19. The maximum atomic E-state index is 12.2. The van der Waals surface area contributed by atoms with Gasteiger partial charge in [-0.1, -0.05) is 36.7 Å². The van der Waals surface area contributed by atoms with Crippen molar-refractivity contribution >= 4 is 35.0 Å². The lowest BCUT2D eigenvalue weighted by Crippen LogP contribution is -2.38. The molecule has 0 spiro atoms. The molecule has 0 aliphatic heterocycles. The Kier molecular flexibility index (Phi) is 8.64. The van der Waals surface area contributed by atoms with Crippen LogP contribution < -0.4 is 16.4 Å². The number of primary amides is 1. The Morgan fingerprint density at radius 2 is 1.72 bits per heavy atom. The topological polar surface area (TPSA) is 105 Å². The number of halogens is 1. The molecule has 0 radical (unpaired) electrons. The zero-order chi connectivity index (χ0) is 21.2. The van der Waals surface area contributed by atoms with Crippen molar-refractivity contribution in [2.75, 3.05) is 25.0 Å². The first-order valence-electron chi connectivity index (χ1n) is 9.31. The second kappa shape index (κ2) is 11.2. The second-order valence-corrected chi connectivity index (χ2v) is 6.88. The van der Waals surface area contributed by atoms with Crippen molar-refractivity contribution in [2.24, 2.45) is 5.73 Å². The van der Waals surface area contributed by atoms with Crippen LogP contribution in [0.15, 0.2) is 48.5 Å². The number of anilines is 1. The van der Waals surface area contributed by atoms with Gasteiger partial charge in [-0.3, -0.25) is 19.3 Å². The summed E-state index contributed by atoms with van der Waals surface area (Å²) in [6.07, 6.45) is 0.239. The zero-order valence-corrected chi connectivity index (χ0v) is 17.0. The summed E-state index contributed by atoms with van der Waals surface area (Å²) in [4.78, 5) is 37.3. The van der Waals surface area contributed by atoms with E-state index in [1.165, 1.54) is 0 Å². The van der Waals surface area contributed by atoms with Crippen LogP contribution in [-0.4, -0.2) is 42.3 Å². The van der Waals surface area contributed by atoms with Crippen LogP contribution in [0.2, 0.25) is 5.02 Å². The molecule has 29 heavy (non-hydrogen) atoms. The van der Waals surface area contributed by atoms with Crippen molar-refractivity contribution in [3.8, 4) is 0 Å². The third-order valence-electron chi connectivity index (χ3n) is 4.36. The predicted molar refractivity (Wildman–Crippen MR) is 114 cm³/mol. The molecule has 0 saturated carbocycles. The minimum absolute atomic E-state index is 0.130. The minimum Gasteiger partial charge on any atom is -0.366 e. The Hall–Kier alpha value is -2.90. The van der Waals surface area contributed by atoms with E-state index in [4.69, 9.17) is 17.3 Å². The van der Waals surface area contributed by atoms with Gasteiger partial charge in [-0.25, -0.2) is 0 Å². The van der Waals surface area contributed by atoms with Crippen LogP contribution in [0.3, 0.4) is 0 Å². The summed E-state index contributed by atoms with van der Waals surface area (Å²) in [5.41, 5.74) is 7.01. The Morgan fingerprint density at radius 3 is 2.34 bits per heavy atom. The number of benzene rings is 2. The van der Waals surface area contributed by atoms with Gasteiger partial charge in [0.05, 0.1) is 6.54 Å². The van der Waals surface area contributed by atoms with Crippen LogP contribution in [0.1, 0.15) is 29.3 Å². The maximum absolute atomic E-state index is 12.2. The number of nitrogens with zero attached hydrogens (tertiary/aromatic N) is 1. The van der Waals surface area contributed by atoms with Gasteiger partial charge in [0.25, 0.3) is 0 Å². The van der Waals surface area contributed by atoms with Gasteiger partial charge in [-0.15, -0.1) is 0 Å². The van der Waals surface area contributed by atoms with E-state index in [0.717, 1.165) is 5.56 Å². The van der Waals surface area contributed by atoms with Gasteiger partial charge in [0.1, 0.15) is 0 Å². The minimum atomic E-state index is -0.519. The molecule has 0 aromatic heterocycles. The quantitative estimate of drug-likeness (QED) is 0.553. The van der Waals surface area contributed by atoms with E-state index in [1.807, 2.05) is 30.0 Å². The summed E-state index contributed by atoms with van der Waals surface area (Å²) in [5, 5.41) is 6.22. The summed E-state index contributed by atoms with van der Waals surface area (Å²) in [6, 6.07) is 13.7. The lowest BCUT2D eigenvalue weighted by molar-refractivity contribution is -0.123. The van der Waals surface area contributed by atoms with Gasteiger partial charge in [0, 0.05) is 35.8 Å². The molecule has 3 amide bonds. The van der Waals surface area contributed by atoms with Crippen LogP contribution in [0.4, 0.5) is 5.69 Å². The smallest absolute Gasteiger partial charge is 0.248 e. The van der Waals surface area contributed by atoms with Crippen LogP contribution in [0.25, 0.3) is 0 Å². The number of hydrogen-bond donors (Lipinski definition) is 3. The second-order valence-electron chi connectivity index (χ2n) is 6.48. The number of rotatable bonds is 10. The highest BCUT2D eigenvalue weighted by Gasteiger charge is 2.12. The molecule has 2 aromatic carbocycles. The third-order valence-corrected chi connectivity index (χ3v) is 4.73. The highest BCUT2D eigenvalue weighted by molar-refractivity contribution is 6.31. The maximum Gasteiger partial charge on any atom is 0.248 e. The number of nitrogens with one attached hydrogen (secondary N) is 2. The standard InChI is InChI=1S/C21H25ClN4O3/c1-2-26(14-20(28)24-13-16-5-3-4-6-18(16)22)12-11-19(27)25-17-9-7-15(8-10-17)21(23)29/h3-10H,2,11-14H2,1H3,(H2,23,29)(H,24,28)(H,25,27). The van der Waals surface area contributed by atoms with E-state index < -0.39 is 5.91 Å². The fraction of sp³-hybridized carbons (Fsp3) is 0.286. The number of amides is 3. The van der Waals surface area contributed by atoms with Crippen molar-refractivity contribution < 1.29 is 14.4 Å². The average molecular weight is 417 g/mol. The summed E-state index contributed by atoms with van der Waals surface area (Å²) >= 11 is 6.09. The Morgan fingerprint density at radius 1 is 1.03 bits per heavy atom. The molecule has 0 aliphatic carbocycles. The largest absolute Gasteiger partial charge is 0.366 e. The molecule has 0 atom stereocenters. The van der Waals surface area contributed by atoms with Gasteiger partial charge >= 0.3 is 0 Å². The van der Waals surface area contributed by atoms with Gasteiger partial charge in [-0.2, -0.15) is 0 Å². The number of carbonyl (C=O) groups excluding carboxylic acids is 3. The lowest BCUT2D eigenvalue weighted by atomic mass is 10.2. The van der Waals surface area contributed by atoms with Crippen LogP contribution in [0, 0.1) is 0 Å². The van der Waals surface area contributed by atoms with E-state index in [1.54, 1.807) is 30.3 Å². The molecule has 0 fully saturated rings. The fourth-order valence-corrected chi connectivity index (χ4v) is 2.85. The number of nitrogens with two attached hydrogens (primary N) is 1. The number of likely N-dealkylation sites (N-methyl/N-ethyl adjacent to an activating group) is 1. The monoisotopic (exact) mass is 416 g/mol. The first-order valence-corrected chi connectivity index (χ1v) is 9.69. The SMILES string of the molecule is CCN(CCC(=O)Nc1ccc(C(N)=O)cc1)CC(=O)NCc1ccccc1Cl. The van der Waals surface area contributed by atoms with E-state index >= 15 is 0 Å². The van der Waals surface area contributed by atoms with Crippen LogP contribution in [-0.2, 0) is 16.1 Å². The average Bonchev–Trinajstić information content (AvgIpc) is 2.70. The van der Waals surface area contributed by atoms with Crippen LogP contribution in [0.5, 0.6) is 0 Å². The first-order chi connectivity index (χ1) is 13.9. The third kappa shape index (κ3) is 7.56. The number of carbonyl (C=O) groups is 3. The molecule has 7 nitrogen and oxygen atoms in total. The van der Waals surface area contributed by atoms with Crippen molar-refractivity contribution in [1.29, 1.82) is 0 Å². The Balaban J connectivity index is 1.75. The summed E-state index contributed by atoms with van der Waals surface area (Å²) in [7, 11) is 0. The Labute approximate surface area is 175 Å². The van der Waals surface area contributed by atoms with Crippen LogP contribution >= 0.6 is 11.6 Å². The highest BCUT2D eigenvalue weighted by Crippen LogP contribution is 2.14. The molecule has 0 bridgehead atoms. The van der Waals surface area contributed by atoms with E-state index in [-0.39, 0.29) is 24.8 Å². The molecule has 0 saturated heterocycles. The molecule has 2 aromatic rings. The number of hydrogen-bond acceptors (Lipinski definition) is 4. The molecule has 4 N–H and O–H groups in total. The molecule has 154 valence electrons. The van der Waals surface area contributed by atoms with Gasteiger partial charge in [0.2, 0.25) is 17.7 Å². The molecule has 0 aliphatic rings. The zero-order valence-electron chi connectivity index (χ0n) is 16.3. The van der Waals surface area contributed by atoms with Crippen molar-refractivity contribution in [3.63, 3.8) is 0 Å². The fourth-order valence-electron chi connectivity index (χ4n) is 2.64.